The summed E-state index contributed by atoms with van der Waals surface area (Å²) in [5, 5.41) is 24.8. The molecule has 3 N–H and O–H groups in total. The first-order valence-corrected chi connectivity index (χ1v) is 7.67. The molecule has 108 valence electrons. The smallest absolute Gasteiger partial charge is 0.119 e. The lowest BCUT2D eigenvalue weighted by Crippen LogP contribution is -2.27. The third kappa shape index (κ3) is 3.52. The average molecular weight is 291 g/mol. The molecule has 1 heterocycles. The lowest BCUT2D eigenvalue weighted by Gasteiger charge is -2.26. The van der Waals surface area contributed by atoms with Crippen LogP contribution in [0.25, 0.3) is 0 Å². The molecule has 2 unspecified atom stereocenters. The zero-order valence-corrected chi connectivity index (χ0v) is 12.8. The van der Waals surface area contributed by atoms with Crippen molar-refractivity contribution in [2.75, 3.05) is 0 Å². The van der Waals surface area contributed by atoms with Crippen LogP contribution in [0.3, 0.4) is 0 Å². The van der Waals surface area contributed by atoms with Crippen LogP contribution in [-0.2, 0) is 0 Å². The lowest BCUT2D eigenvalue weighted by atomic mass is 9.99. The largest absolute Gasteiger partial charge is 0.508 e. The van der Waals surface area contributed by atoms with E-state index in [1.807, 2.05) is 6.92 Å². The van der Waals surface area contributed by atoms with Gasteiger partial charge in [-0.05, 0) is 42.0 Å². The second-order valence-electron chi connectivity index (χ2n) is 5.41. The van der Waals surface area contributed by atoms with Crippen molar-refractivity contribution in [2.24, 2.45) is 5.92 Å². The number of phenolic OH excluding ortho intramolecular Hbond substituents is 2. The minimum Gasteiger partial charge on any atom is -0.508 e. The molecule has 0 aliphatic heterocycles. The summed E-state index contributed by atoms with van der Waals surface area (Å²) < 4.78 is 0. The van der Waals surface area contributed by atoms with Gasteiger partial charge >= 0.3 is 0 Å². The van der Waals surface area contributed by atoms with Gasteiger partial charge in [-0.3, -0.25) is 0 Å². The number of phenols is 2. The quantitative estimate of drug-likeness (QED) is 0.773. The van der Waals surface area contributed by atoms with Gasteiger partial charge in [-0.15, -0.1) is 11.3 Å². The van der Waals surface area contributed by atoms with Crippen molar-refractivity contribution in [1.29, 1.82) is 0 Å². The van der Waals surface area contributed by atoms with Crippen molar-refractivity contribution < 1.29 is 10.2 Å². The number of rotatable bonds is 5. The summed E-state index contributed by atoms with van der Waals surface area (Å²) in [5.74, 6) is 0.638. The number of hydrogen-bond acceptors (Lipinski definition) is 4. The van der Waals surface area contributed by atoms with Crippen LogP contribution < -0.4 is 5.32 Å². The van der Waals surface area contributed by atoms with Crippen LogP contribution >= 0.6 is 11.3 Å². The average Bonchev–Trinajstić information content (AvgIpc) is 2.87. The molecule has 0 bridgehead atoms. The van der Waals surface area contributed by atoms with Gasteiger partial charge in [-0.1, -0.05) is 19.9 Å². The third-order valence-corrected chi connectivity index (χ3v) is 4.33. The van der Waals surface area contributed by atoms with Crippen molar-refractivity contribution in [3.8, 4) is 11.5 Å². The van der Waals surface area contributed by atoms with E-state index in [2.05, 4.69) is 36.7 Å². The van der Waals surface area contributed by atoms with E-state index in [4.69, 9.17) is 0 Å². The van der Waals surface area contributed by atoms with Crippen LogP contribution in [0.5, 0.6) is 11.5 Å². The SMILES string of the molecule is CC(NC(c1cccs1)C(C)C)c1cc(O)cc(O)c1. The molecule has 2 atom stereocenters. The Morgan fingerprint density at radius 3 is 2.20 bits per heavy atom. The zero-order valence-electron chi connectivity index (χ0n) is 12.0. The van der Waals surface area contributed by atoms with Gasteiger partial charge in [-0.2, -0.15) is 0 Å². The highest BCUT2D eigenvalue weighted by Gasteiger charge is 2.20. The summed E-state index contributed by atoms with van der Waals surface area (Å²) in [6.45, 7) is 6.41. The van der Waals surface area contributed by atoms with Crippen molar-refractivity contribution in [3.05, 3.63) is 46.2 Å². The molecule has 0 saturated heterocycles. The van der Waals surface area contributed by atoms with E-state index in [1.165, 1.54) is 10.9 Å². The van der Waals surface area contributed by atoms with Gasteiger partial charge in [0.2, 0.25) is 0 Å². The van der Waals surface area contributed by atoms with E-state index in [-0.39, 0.29) is 23.6 Å². The van der Waals surface area contributed by atoms with Crippen LogP contribution in [0.1, 0.15) is 43.3 Å². The van der Waals surface area contributed by atoms with Gasteiger partial charge in [-0.25, -0.2) is 0 Å². The standard InChI is InChI=1S/C16H21NO2S/c1-10(2)16(15-5-4-6-20-15)17-11(3)12-7-13(18)9-14(19)8-12/h4-11,16-19H,1-3H3. The summed E-state index contributed by atoms with van der Waals surface area (Å²) in [6.07, 6.45) is 0. The fraction of sp³-hybridized carbons (Fsp3) is 0.375. The van der Waals surface area contributed by atoms with Crippen molar-refractivity contribution in [3.63, 3.8) is 0 Å². The first-order chi connectivity index (χ1) is 9.47. The maximum atomic E-state index is 9.58. The predicted octanol–water partition coefficient (Wildman–Crippen LogP) is 4.21. The number of benzene rings is 1. The maximum Gasteiger partial charge on any atom is 0.119 e. The molecule has 0 aliphatic carbocycles. The second-order valence-corrected chi connectivity index (χ2v) is 6.39. The Morgan fingerprint density at radius 2 is 1.70 bits per heavy atom. The molecule has 0 fully saturated rings. The molecule has 0 spiro atoms. The molecule has 4 heteroatoms. The highest BCUT2D eigenvalue weighted by molar-refractivity contribution is 7.10. The molecule has 20 heavy (non-hydrogen) atoms. The van der Waals surface area contributed by atoms with E-state index >= 15 is 0 Å². The number of thiophene rings is 1. The molecule has 1 aromatic heterocycles. The van der Waals surface area contributed by atoms with Gasteiger partial charge in [0.15, 0.2) is 0 Å². The van der Waals surface area contributed by atoms with Crippen molar-refractivity contribution in [1.82, 2.24) is 5.32 Å². The molecule has 0 radical (unpaired) electrons. The minimum atomic E-state index is 0.0440. The maximum absolute atomic E-state index is 9.58. The Balaban J connectivity index is 2.18. The molecule has 0 saturated carbocycles. The van der Waals surface area contributed by atoms with Crippen LogP contribution in [0.2, 0.25) is 0 Å². The van der Waals surface area contributed by atoms with Crippen LogP contribution in [0, 0.1) is 5.92 Å². The Kier molecular flexibility index (Phi) is 4.68. The van der Waals surface area contributed by atoms with E-state index in [0.29, 0.717) is 5.92 Å². The molecule has 1 aromatic carbocycles. The molecule has 3 nitrogen and oxygen atoms in total. The first-order valence-electron chi connectivity index (χ1n) is 6.79. The molecule has 0 amide bonds. The van der Waals surface area contributed by atoms with Gasteiger partial charge in [0.1, 0.15) is 11.5 Å². The summed E-state index contributed by atoms with van der Waals surface area (Å²) >= 11 is 1.74. The predicted molar refractivity (Wildman–Crippen MR) is 83.2 cm³/mol. The van der Waals surface area contributed by atoms with Crippen LogP contribution in [0.4, 0.5) is 0 Å². The lowest BCUT2D eigenvalue weighted by molar-refractivity contribution is 0.377. The van der Waals surface area contributed by atoms with E-state index in [9.17, 15) is 10.2 Å². The normalized spacial score (nSPS) is 14.4. The summed E-state index contributed by atoms with van der Waals surface area (Å²) in [6, 6.07) is 9.20. The Bertz CT molecular complexity index is 531. The van der Waals surface area contributed by atoms with Crippen LogP contribution in [-0.4, -0.2) is 10.2 Å². The monoisotopic (exact) mass is 291 g/mol. The Hall–Kier alpha value is -1.52. The molecule has 0 aliphatic rings. The highest BCUT2D eigenvalue weighted by Crippen LogP contribution is 2.31. The second kappa shape index (κ2) is 6.29. The topological polar surface area (TPSA) is 52.5 Å². The van der Waals surface area contributed by atoms with E-state index < -0.39 is 0 Å². The van der Waals surface area contributed by atoms with Gasteiger partial charge in [0.25, 0.3) is 0 Å². The van der Waals surface area contributed by atoms with E-state index in [0.717, 1.165) is 5.56 Å². The van der Waals surface area contributed by atoms with Gasteiger partial charge in [0.05, 0.1) is 0 Å². The number of nitrogens with one attached hydrogen (secondary N) is 1. The summed E-state index contributed by atoms with van der Waals surface area (Å²) in [4.78, 5) is 1.30. The molecule has 2 rings (SSSR count). The molecular formula is C16H21NO2S. The molecular weight excluding hydrogens is 270 g/mol. The van der Waals surface area contributed by atoms with E-state index in [1.54, 1.807) is 23.5 Å². The third-order valence-electron chi connectivity index (χ3n) is 3.37. The van der Waals surface area contributed by atoms with Crippen molar-refractivity contribution in [2.45, 2.75) is 32.9 Å². The number of hydrogen-bond donors (Lipinski definition) is 3. The first kappa shape index (κ1) is 14.9. The van der Waals surface area contributed by atoms with Crippen molar-refractivity contribution >= 4 is 11.3 Å². The fourth-order valence-electron chi connectivity index (χ4n) is 2.30. The Labute approximate surface area is 123 Å². The van der Waals surface area contributed by atoms with Crippen LogP contribution in [0.15, 0.2) is 35.7 Å². The summed E-state index contributed by atoms with van der Waals surface area (Å²) in [7, 11) is 0. The summed E-state index contributed by atoms with van der Waals surface area (Å²) in [5.41, 5.74) is 0.879. The molecule has 2 aromatic rings. The van der Waals surface area contributed by atoms with Gasteiger partial charge < -0.3 is 15.5 Å². The Morgan fingerprint density at radius 1 is 1.05 bits per heavy atom. The highest BCUT2D eigenvalue weighted by atomic mass is 32.1. The zero-order chi connectivity index (χ0) is 14.7. The minimum absolute atomic E-state index is 0.0440. The number of aromatic hydroxyl groups is 2. The fourth-order valence-corrected chi connectivity index (χ4v) is 3.26. The van der Waals surface area contributed by atoms with Gasteiger partial charge in [0, 0.05) is 23.0 Å².